The Morgan fingerprint density at radius 3 is 2.53 bits per heavy atom. The molecule has 0 aliphatic carbocycles. The molecule has 0 spiro atoms. The Morgan fingerprint density at radius 2 is 1.89 bits per heavy atom. The third-order valence-electron chi connectivity index (χ3n) is 2.75. The fraction of sp³-hybridized carbons (Fsp3) is 0.133. The number of carbonyl (C=O) groups excluding carboxylic acids is 1. The molecular formula is C15H13BrFNO. The van der Waals surface area contributed by atoms with Crippen molar-refractivity contribution in [2.45, 2.75) is 6.54 Å². The number of carbonyl (C=O) groups is 1. The van der Waals surface area contributed by atoms with Crippen LogP contribution in [0.5, 0.6) is 0 Å². The maximum absolute atomic E-state index is 12.8. The van der Waals surface area contributed by atoms with E-state index >= 15 is 0 Å². The SMILES string of the molecule is CN(Cc1ccc(F)cc1)C(=O)c1cccc(Br)c1. The van der Waals surface area contributed by atoms with Gasteiger partial charge >= 0.3 is 0 Å². The number of hydrogen-bond acceptors (Lipinski definition) is 1. The van der Waals surface area contributed by atoms with E-state index in [1.165, 1.54) is 12.1 Å². The van der Waals surface area contributed by atoms with Crippen LogP contribution in [0.4, 0.5) is 4.39 Å². The maximum atomic E-state index is 12.8. The second kappa shape index (κ2) is 5.97. The van der Waals surface area contributed by atoms with Gasteiger partial charge in [-0.3, -0.25) is 4.79 Å². The molecule has 0 unspecified atom stereocenters. The van der Waals surface area contributed by atoms with Crippen molar-refractivity contribution in [3.05, 3.63) is 69.9 Å². The number of hydrogen-bond donors (Lipinski definition) is 0. The Kier molecular flexibility index (Phi) is 4.32. The van der Waals surface area contributed by atoms with E-state index < -0.39 is 0 Å². The van der Waals surface area contributed by atoms with Gasteiger partial charge in [-0.15, -0.1) is 0 Å². The van der Waals surface area contributed by atoms with E-state index in [1.54, 1.807) is 36.2 Å². The molecule has 4 heteroatoms. The molecule has 0 N–H and O–H groups in total. The molecule has 0 heterocycles. The van der Waals surface area contributed by atoms with Gasteiger partial charge in [-0.1, -0.05) is 34.1 Å². The Bertz CT molecular complexity index is 583. The van der Waals surface area contributed by atoms with Gasteiger partial charge < -0.3 is 4.90 Å². The van der Waals surface area contributed by atoms with Crippen molar-refractivity contribution in [1.29, 1.82) is 0 Å². The number of amides is 1. The summed E-state index contributed by atoms with van der Waals surface area (Å²) >= 11 is 3.34. The van der Waals surface area contributed by atoms with Gasteiger partial charge in [0.25, 0.3) is 5.91 Å². The zero-order valence-electron chi connectivity index (χ0n) is 10.4. The molecule has 98 valence electrons. The summed E-state index contributed by atoms with van der Waals surface area (Å²) in [5.41, 5.74) is 1.52. The highest BCUT2D eigenvalue weighted by molar-refractivity contribution is 9.10. The average molecular weight is 322 g/mol. The van der Waals surface area contributed by atoms with Crippen molar-refractivity contribution in [3.8, 4) is 0 Å². The molecule has 0 bridgehead atoms. The van der Waals surface area contributed by atoms with E-state index in [-0.39, 0.29) is 11.7 Å². The summed E-state index contributed by atoms with van der Waals surface area (Å²) in [6, 6.07) is 13.4. The van der Waals surface area contributed by atoms with Crippen LogP contribution in [0.15, 0.2) is 53.0 Å². The lowest BCUT2D eigenvalue weighted by molar-refractivity contribution is 0.0785. The molecule has 0 atom stereocenters. The molecule has 0 saturated carbocycles. The van der Waals surface area contributed by atoms with Gasteiger partial charge in [0.05, 0.1) is 0 Å². The lowest BCUT2D eigenvalue weighted by Gasteiger charge is -2.17. The van der Waals surface area contributed by atoms with Crippen molar-refractivity contribution >= 4 is 21.8 Å². The normalized spacial score (nSPS) is 10.3. The van der Waals surface area contributed by atoms with E-state index in [0.29, 0.717) is 12.1 Å². The largest absolute Gasteiger partial charge is 0.337 e. The first-order valence-electron chi connectivity index (χ1n) is 5.82. The van der Waals surface area contributed by atoms with Crippen LogP contribution < -0.4 is 0 Å². The fourth-order valence-electron chi connectivity index (χ4n) is 1.78. The standard InChI is InChI=1S/C15H13BrFNO/c1-18(10-11-5-7-14(17)8-6-11)15(19)12-3-2-4-13(16)9-12/h2-9H,10H2,1H3. The molecule has 2 rings (SSSR count). The van der Waals surface area contributed by atoms with Crippen LogP contribution in [-0.4, -0.2) is 17.9 Å². The number of rotatable bonds is 3. The third-order valence-corrected chi connectivity index (χ3v) is 3.24. The first-order valence-corrected chi connectivity index (χ1v) is 6.61. The van der Waals surface area contributed by atoms with Crippen molar-refractivity contribution in [1.82, 2.24) is 4.90 Å². The van der Waals surface area contributed by atoms with Crippen LogP contribution in [-0.2, 0) is 6.54 Å². The van der Waals surface area contributed by atoms with E-state index in [2.05, 4.69) is 15.9 Å². The van der Waals surface area contributed by atoms with E-state index in [9.17, 15) is 9.18 Å². The number of halogens is 2. The smallest absolute Gasteiger partial charge is 0.253 e. The monoisotopic (exact) mass is 321 g/mol. The first-order chi connectivity index (χ1) is 9.06. The molecule has 2 nitrogen and oxygen atoms in total. The Labute approximate surface area is 120 Å². The zero-order valence-corrected chi connectivity index (χ0v) is 12.0. The highest BCUT2D eigenvalue weighted by atomic mass is 79.9. The van der Waals surface area contributed by atoms with Crippen LogP contribution in [0.2, 0.25) is 0 Å². The second-order valence-corrected chi connectivity index (χ2v) is 5.21. The molecule has 19 heavy (non-hydrogen) atoms. The third kappa shape index (κ3) is 3.64. The zero-order chi connectivity index (χ0) is 13.8. The van der Waals surface area contributed by atoms with Crippen molar-refractivity contribution in [3.63, 3.8) is 0 Å². The van der Waals surface area contributed by atoms with Gasteiger partial charge in [-0.25, -0.2) is 4.39 Å². The second-order valence-electron chi connectivity index (χ2n) is 4.30. The van der Waals surface area contributed by atoms with Crippen molar-refractivity contribution < 1.29 is 9.18 Å². The minimum absolute atomic E-state index is 0.0642. The summed E-state index contributed by atoms with van der Waals surface area (Å²) in [5.74, 6) is -0.338. The molecule has 0 fully saturated rings. The van der Waals surface area contributed by atoms with Crippen molar-refractivity contribution in [2.75, 3.05) is 7.05 Å². The van der Waals surface area contributed by atoms with Crippen LogP contribution in [0.3, 0.4) is 0 Å². The maximum Gasteiger partial charge on any atom is 0.253 e. The quantitative estimate of drug-likeness (QED) is 0.840. The Balaban J connectivity index is 2.09. The van der Waals surface area contributed by atoms with Gasteiger partial charge in [-0.05, 0) is 35.9 Å². The summed E-state index contributed by atoms with van der Waals surface area (Å²) in [6.45, 7) is 0.450. The molecule has 0 saturated heterocycles. The van der Waals surface area contributed by atoms with Crippen molar-refractivity contribution in [2.24, 2.45) is 0 Å². The van der Waals surface area contributed by atoms with E-state index in [1.807, 2.05) is 12.1 Å². The first kappa shape index (κ1) is 13.7. The van der Waals surface area contributed by atoms with Gasteiger partial charge in [0.15, 0.2) is 0 Å². The Hall–Kier alpha value is -1.68. The highest BCUT2D eigenvalue weighted by Gasteiger charge is 2.12. The highest BCUT2D eigenvalue weighted by Crippen LogP contribution is 2.14. The summed E-state index contributed by atoms with van der Waals surface area (Å²) in [4.78, 5) is 13.8. The van der Waals surface area contributed by atoms with Crippen LogP contribution in [0.25, 0.3) is 0 Å². The molecule has 0 radical (unpaired) electrons. The van der Waals surface area contributed by atoms with E-state index in [4.69, 9.17) is 0 Å². The van der Waals surface area contributed by atoms with Crippen LogP contribution in [0.1, 0.15) is 15.9 Å². The van der Waals surface area contributed by atoms with Gasteiger partial charge in [-0.2, -0.15) is 0 Å². The minimum atomic E-state index is -0.273. The average Bonchev–Trinajstić information content (AvgIpc) is 2.40. The van der Waals surface area contributed by atoms with Crippen LogP contribution >= 0.6 is 15.9 Å². The molecule has 0 aliphatic rings. The van der Waals surface area contributed by atoms with Gasteiger partial charge in [0, 0.05) is 23.6 Å². The fourth-order valence-corrected chi connectivity index (χ4v) is 2.18. The van der Waals surface area contributed by atoms with Crippen LogP contribution in [0, 0.1) is 5.82 Å². The lowest BCUT2D eigenvalue weighted by Crippen LogP contribution is -2.26. The molecule has 2 aromatic carbocycles. The summed E-state index contributed by atoms with van der Waals surface area (Å²) in [6.07, 6.45) is 0. The molecule has 0 aliphatic heterocycles. The number of nitrogens with zero attached hydrogens (tertiary/aromatic N) is 1. The molecule has 1 amide bonds. The lowest BCUT2D eigenvalue weighted by atomic mass is 10.1. The molecule has 0 aromatic heterocycles. The van der Waals surface area contributed by atoms with E-state index in [0.717, 1.165) is 10.0 Å². The van der Waals surface area contributed by atoms with Gasteiger partial charge in [0.2, 0.25) is 0 Å². The number of benzene rings is 2. The summed E-state index contributed by atoms with van der Waals surface area (Å²) in [7, 11) is 1.73. The Morgan fingerprint density at radius 1 is 1.21 bits per heavy atom. The minimum Gasteiger partial charge on any atom is -0.337 e. The molecular weight excluding hydrogens is 309 g/mol. The summed E-state index contributed by atoms with van der Waals surface area (Å²) < 4.78 is 13.7. The summed E-state index contributed by atoms with van der Waals surface area (Å²) in [5, 5.41) is 0. The van der Waals surface area contributed by atoms with Gasteiger partial charge in [0.1, 0.15) is 5.82 Å². The molecule has 2 aromatic rings. The predicted octanol–water partition coefficient (Wildman–Crippen LogP) is 3.86. The predicted molar refractivity (Wildman–Crippen MR) is 76.3 cm³/mol. The topological polar surface area (TPSA) is 20.3 Å².